The van der Waals surface area contributed by atoms with Crippen LogP contribution in [0.5, 0.6) is 0 Å². The highest BCUT2D eigenvalue weighted by molar-refractivity contribution is 6.19. The Bertz CT molecular complexity index is 444. The molecule has 0 atom stereocenters. The average Bonchev–Trinajstić information content (AvgIpc) is 2.26. The Labute approximate surface area is 94.7 Å². The highest BCUT2D eigenvalue weighted by Crippen LogP contribution is 2.13. The number of benzene rings is 1. The van der Waals surface area contributed by atoms with Crippen molar-refractivity contribution in [2.24, 2.45) is 0 Å². The van der Waals surface area contributed by atoms with E-state index < -0.39 is 5.97 Å². The number of carbonyl (C=O) groups is 2. The summed E-state index contributed by atoms with van der Waals surface area (Å²) in [6.07, 6.45) is 1.56. The first kappa shape index (κ1) is 12.2. The summed E-state index contributed by atoms with van der Waals surface area (Å²) in [5.41, 5.74) is 1.92. The first-order chi connectivity index (χ1) is 7.56. The number of hydrogen-bond donors (Lipinski definition) is 0. The van der Waals surface area contributed by atoms with E-state index in [2.05, 4.69) is 4.74 Å². The molecular formula is C13H14O3. The molecule has 0 radical (unpaired) electrons. The molecule has 0 saturated carbocycles. The lowest BCUT2D eigenvalue weighted by atomic mass is 10.0. The summed E-state index contributed by atoms with van der Waals surface area (Å²) in [7, 11) is 1.26. The predicted octanol–water partition coefficient (Wildman–Crippen LogP) is 2.14. The van der Waals surface area contributed by atoms with E-state index in [0.717, 1.165) is 11.1 Å². The van der Waals surface area contributed by atoms with Gasteiger partial charge in [0.1, 0.15) is 5.57 Å². The molecule has 3 heteroatoms. The van der Waals surface area contributed by atoms with Gasteiger partial charge in [0.05, 0.1) is 7.11 Å². The largest absolute Gasteiger partial charge is 0.465 e. The summed E-state index contributed by atoms with van der Waals surface area (Å²) in [5.74, 6) is -0.897. The van der Waals surface area contributed by atoms with Gasteiger partial charge in [-0.3, -0.25) is 4.79 Å². The second-order valence-electron chi connectivity index (χ2n) is 3.46. The molecule has 0 aliphatic rings. The van der Waals surface area contributed by atoms with Crippen LogP contribution in [0.1, 0.15) is 18.1 Å². The van der Waals surface area contributed by atoms with E-state index in [0.29, 0.717) is 0 Å². The summed E-state index contributed by atoms with van der Waals surface area (Å²) >= 11 is 0. The number of hydrogen-bond acceptors (Lipinski definition) is 3. The molecule has 1 aromatic carbocycles. The first-order valence-corrected chi connectivity index (χ1v) is 4.93. The predicted molar refractivity (Wildman–Crippen MR) is 61.9 cm³/mol. The van der Waals surface area contributed by atoms with Gasteiger partial charge in [0, 0.05) is 0 Å². The molecule has 0 saturated heterocycles. The van der Waals surface area contributed by atoms with Gasteiger partial charge in [0.15, 0.2) is 5.78 Å². The maximum Gasteiger partial charge on any atom is 0.341 e. The minimum absolute atomic E-state index is 0.0665. The molecule has 0 amide bonds. The van der Waals surface area contributed by atoms with Crippen LogP contribution in [-0.2, 0) is 14.3 Å². The fraction of sp³-hybridized carbons (Fsp3) is 0.231. The van der Waals surface area contributed by atoms with E-state index in [1.807, 2.05) is 31.2 Å². The van der Waals surface area contributed by atoms with Crippen LogP contribution in [-0.4, -0.2) is 18.9 Å². The number of methoxy groups -OCH3 is 1. The van der Waals surface area contributed by atoms with Gasteiger partial charge in [-0.2, -0.15) is 0 Å². The lowest BCUT2D eigenvalue weighted by Gasteiger charge is -2.03. The van der Waals surface area contributed by atoms with Gasteiger partial charge in [-0.15, -0.1) is 0 Å². The number of Topliss-reactive ketones (excluding diaryl/α,β-unsaturated/α-hetero) is 1. The third-order valence-electron chi connectivity index (χ3n) is 2.27. The highest BCUT2D eigenvalue weighted by atomic mass is 16.5. The van der Waals surface area contributed by atoms with Gasteiger partial charge in [-0.1, -0.05) is 24.3 Å². The maximum absolute atomic E-state index is 11.4. The zero-order chi connectivity index (χ0) is 12.1. The van der Waals surface area contributed by atoms with Gasteiger partial charge in [-0.25, -0.2) is 4.79 Å². The van der Waals surface area contributed by atoms with Crippen molar-refractivity contribution >= 4 is 17.8 Å². The Hall–Kier alpha value is -1.90. The summed E-state index contributed by atoms with van der Waals surface area (Å²) in [6.45, 7) is 3.27. The standard InChI is InChI=1S/C13H14O3/c1-9-6-4-5-7-11(9)8-12(10(2)14)13(15)16-3/h4-8H,1-3H3. The normalized spacial score (nSPS) is 11.1. The van der Waals surface area contributed by atoms with Crippen LogP contribution in [0.15, 0.2) is 29.8 Å². The van der Waals surface area contributed by atoms with Crippen molar-refractivity contribution in [3.05, 3.63) is 41.0 Å². The molecule has 0 spiro atoms. The second kappa shape index (κ2) is 5.26. The third-order valence-corrected chi connectivity index (χ3v) is 2.27. The molecule has 1 aromatic rings. The number of aryl methyl sites for hydroxylation is 1. The van der Waals surface area contributed by atoms with Crippen molar-refractivity contribution in [2.75, 3.05) is 7.11 Å². The van der Waals surface area contributed by atoms with Crippen LogP contribution in [0.2, 0.25) is 0 Å². The van der Waals surface area contributed by atoms with Crippen molar-refractivity contribution in [1.82, 2.24) is 0 Å². The van der Waals surface area contributed by atoms with Crippen LogP contribution in [0, 0.1) is 6.92 Å². The van der Waals surface area contributed by atoms with Crippen LogP contribution in [0.4, 0.5) is 0 Å². The monoisotopic (exact) mass is 218 g/mol. The van der Waals surface area contributed by atoms with Gasteiger partial charge in [-0.05, 0) is 31.1 Å². The lowest BCUT2D eigenvalue weighted by molar-refractivity contribution is -0.137. The van der Waals surface area contributed by atoms with E-state index in [1.54, 1.807) is 6.08 Å². The molecule has 3 nitrogen and oxygen atoms in total. The molecular weight excluding hydrogens is 204 g/mol. The van der Waals surface area contributed by atoms with Crippen LogP contribution in [0.3, 0.4) is 0 Å². The van der Waals surface area contributed by atoms with E-state index in [9.17, 15) is 9.59 Å². The summed E-state index contributed by atoms with van der Waals surface area (Å²) in [4.78, 5) is 22.6. The Balaban J connectivity index is 3.18. The van der Waals surface area contributed by atoms with Gasteiger partial charge >= 0.3 is 5.97 Å². The van der Waals surface area contributed by atoms with Crippen LogP contribution in [0.25, 0.3) is 6.08 Å². The topological polar surface area (TPSA) is 43.4 Å². The Morgan fingerprint density at radius 1 is 1.25 bits per heavy atom. The van der Waals surface area contributed by atoms with E-state index in [4.69, 9.17) is 0 Å². The minimum atomic E-state index is -0.601. The second-order valence-corrected chi connectivity index (χ2v) is 3.46. The Morgan fingerprint density at radius 2 is 1.88 bits per heavy atom. The molecule has 0 N–H and O–H groups in total. The van der Waals surface area contributed by atoms with Crippen molar-refractivity contribution < 1.29 is 14.3 Å². The number of rotatable bonds is 3. The van der Waals surface area contributed by atoms with Crippen molar-refractivity contribution in [1.29, 1.82) is 0 Å². The van der Waals surface area contributed by atoms with Crippen molar-refractivity contribution in [3.63, 3.8) is 0 Å². The highest BCUT2D eigenvalue weighted by Gasteiger charge is 2.14. The maximum atomic E-state index is 11.4. The number of carbonyl (C=O) groups excluding carboxylic acids is 2. The third kappa shape index (κ3) is 2.79. The van der Waals surface area contributed by atoms with Crippen molar-refractivity contribution in [3.8, 4) is 0 Å². The smallest absolute Gasteiger partial charge is 0.341 e. The first-order valence-electron chi connectivity index (χ1n) is 4.93. The SMILES string of the molecule is COC(=O)C(=Cc1ccccc1C)C(C)=O. The number of esters is 1. The summed E-state index contributed by atoms with van der Waals surface area (Å²) in [6, 6.07) is 7.52. The van der Waals surface area contributed by atoms with Crippen molar-refractivity contribution in [2.45, 2.75) is 13.8 Å². The molecule has 0 aliphatic carbocycles. The summed E-state index contributed by atoms with van der Waals surface area (Å²) < 4.78 is 4.56. The molecule has 84 valence electrons. The Morgan fingerprint density at radius 3 is 2.38 bits per heavy atom. The van der Waals surface area contributed by atoms with Gasteiger partial charge in [0.25, 0.3) is 0 Å². The van der Waals surface area contributed by atoms with E-state index in [-0.39, 0.29) is 11.4 Å². The molecule has 16 heavy (non-hydrogen) atoms. The fourth-order valence-corrected chi connectivity index (χ4v) is 1.32. The zero-order valence-corrected chi connectivity index (χ0v) is 9.61. The quantitative estimate of drug-likeness (QED) is 0.338. The van der Waals surface area contributed by atoms with Crippen LogP contribution < -0.4 is 0 Å². The lowest BCUT2D eigenvalue weighted by Crippen LogP contribution is -2.11. The average molecular weight is 218 g/mol. The zero-order valence-electron chi connectivity index (χ0n) is 9.61. The summed E-state index contributed by atoms with van der Waals surface area (Å²) in [5, 5.41) is 0. The number of ketones is 1. The molecule has 0 aliphatic heterocycles. The van der Waals surface area contributed by atoms with Gasteiger partial charge in [0.2, 0.25) is 0 Å². The number of ether oxygens (including phenoxy) is 1. The minimum Gasteiger partial charge on any atom is -0.465 e. The molecule has 0 unspecified atom stereocenters. The molecule has 1 rings (SSSR count). The fourth-order valence-electron chi connectivity index (χ4n) is 1.32. The molecule has 0 aromatic heterocycles. The molecule has 0 fully saturated rings. The van der Waals surface area contributed by atoms with Gasteiger partial charge < -0.3 is 4.74 Å². The Kier molecular flexibility index (Phi) is 4.00. The van der Waals surface area contributed by atoms with E-state index >= 15 is 0 Å². The van der Waals surface area contributed by atoms with E-state index in [1.165, 1.54) is 14.0 Å². The molecule has 0 heterocycles. The van der Waals surface area contributed by atoms with Crippen LogP contribution >= 0.6 is 0 Å². The molecule has 0 bridgehead atoms.